The summed E-state index contributed by atoms with van der Waals surface area (Å²) < 4.78 is 10.9. The third-order valence-corrected chi connectivity index (χ3v) is 4.98. The Morgan fingerprint density at radius 3 is 2.64 bits per heavy atom. The third-order valence-electron chi connectivity index (χ3n) is 4.11. The van der Waals surface area contributed by atoms with Gasteiger partial charge in [-0.3, -0.25) is 4.79 Å². The molecule has 0 unspecified atom stereocenters. The summed E-state index contributed by atoms with van der Waals surface area (Å²) in [7, 11) is 1.64. The second kappa shape index (κ2) is 8.34. The SMILES string of the molecule is CCCN(Cc1csc(COc2ccc(OC)cc2)n1)C(=O)C1CC1. The molecular formula is C19H24N2O3S. The van der Waals surface area contributed by atoms with Crippen LogP contribution in [0.25, 0.3) is 0 Å². The summed E-state index contributed by atoms with van der Waals surface area (Å²) in [5.41, 5.74) is 0.945. The monoisotopic (exact) mass is 360 g/mol. The summed E-state index contributed by atoms with van der Waals surface area (Å²) in [6, 6.07) is 7.50. The molecule has 0 atom stereocenters. The lowest BCUT2D eigenvalue weighted by molar-refractivity contribution is -0.133. The van der Waals surface area contributed by atoms with E-state index in [0.29, 0.717) is 13.2 Å². The Balaban J connectivity index is 1.54. The van der Waals surface area contributed by atoms with Crippen molar-refractivity contribution in [1.29, 1.82) is 0 Å². The fourth-order valence-corrected chi connectivity index (χ4v) is 3.32. The zero-order valence-corrected chi connectivity index (χ0v) is 15.6. The molecular weight excluding hydrogens is 336 g/mol. The molecule has 1 amide bonds. The highest BCUT2D eigenvalue weighted by atomic mass is 32.1. The van der Waals surface area contributed by atoms with Gasteiger partial charge in [-0.25, -0.2) is 4.98 Å². The van der Waals surface area contributed by atoms with E-state index in [2.05, 4.69) is 11.9 Å². The average molecular weight is 360 g/mol. The van der Waals surface area contributed by atoms with Crippen LogP contribution in [0.3, 0.4) is 0 Å². The molecule has 0 N–H and O–H groups in total. The number of thiazole rings is 1. The summed E-state index contributed by atoms with van der Waals surface area (Å²) >= 11 is 1.57. The van der Waals surface area contributed by atoms with E-state index < -0.39 is 0 Å². The van der Waals surface area contributed by atoms with Crippen LogP contribution in [0.4, 0.5) is 0 Å². The summed E-state index contributed by atoms with van der Waals surface area (Å²) in [6.07, 6.45) is 3.05. The van der Waals surface area contributed by atoms with Crippen LogP contribution in [0.1, 0.15) is 36.9 Å². The summed E-state index contributed by atoms with van der Waals surface area (Å²) in [5.74, 6) is 2.13. The second-order valence-corrected chi connectivity index (χ2v) is 7.17. The number of amides is 1. The molecule has 1 aromatic carbocycles. The Hall–Kier alpha value is -2.08. The first-order valence-electron chi connectivity index (χ1n) is 8.68. The zero-order valence-electron chi connectivity index (χ0n) is 14.7. The second-order valence-electron chi connectivity index (χ2n) is 6.23. The van der Waals surface area contributed by atoms with Crippen molar-refractivity contribution < 1.29 is 14.3 Å². The highest BCUT2D eigenvalue weighted by Crippen LogP contribution is 2.31. The van der Waals surface area contributed by atoms with Gasteiger partial charge in [0, 0.05) is 17.8 Å². The number of methoxy groups -OCH3 is 1. The molecule has 5 nitrogen and oxygen atoms in total. The third kappa shape index (κ3) is 4.95. The minimum absolute atomic E-state index is 0.253. The number of nitrogens with zero attached hydrogens (tertiary/aromatic N) is 2. The van der Waals surface area contributed by atoms with Gasteiger partial charge < -0.3 is 14.4 Å². The van der Waals surface area contributed by atoms with Gasteiger partial charge in [0.1, 0.15) is 23.1 Å². The highest BCUT2D eigenvalue weighted by molar-refractivity contribution is 7.09. The number of aromatic nitrogens is 1. The van der Waals surface area contributed by atoms with Crippen LogP contribution in [0.2, 0.25) is 0 Å². The molecule has 0 bridgehead atoms. The van der Waals surface area contributed by atoms with Crippen molar-refractivity contribution in [3.05, 3.63) is 40.3 Å². The Labute approximate surface area is 152 Å². The number of carbonyl (C=O) groups is 1. The van der Waals surface area contributed by atoms with Crippen molar-refractivity contribution in [1.82, 2.24) is 9.88 Å². The number of hydrogen-bond acceptors (Lipinski definition) is 5. The first kappa shape index (κ1) is 17.7. The molecule has 1 aliphatic rings. The molecule has 1 fully saturated rings. The van der Waals surface area contributed by atoms with Gasteiger partial charge in [-0.15, -0.1) is 11.3 Å². The Kier molecular flexibility index (Phi) is 5.91. The standard InChI is InChI=1S/C19H24N2O3S/c1-3-10-21(19(22)14-4-5-14)11-15-13-25-18(20-15)12-24-17-8-6-16(23-2)7-9-17/h6-9,13-14H,3-5,10-12H2,1-2H3. The molecule has 1 aromatic heterocycles. The molecule has 0 spiro atoms. The van der Waals surface area contributed by atoms with Gasteiger partial charge >= 0.3 is 0 Å². The maximum atomic E-state index is 12.3. The Bertz CT molecular complexity index is 695. The predicted octanol–water partition coefficient (Wildman–Crippen LogP) is 3.88. The lowest BCUT2D eigenvalue weighted by Gasteiger charge is -2.21. The average Bonchev–Trinajstić information content (AvgIpc) is 3.39. The lowest BCUT2D eigenvalue weighted by atomic mass is 10.3. The number of ether oxygens (including phenoxy) is 2. The Morgan fingerprint density at radius 1 is 1.28 bits per heavy atom. The number of carbonyl (C=O) groups excluding carboxylic acids is 1. The lowest BCUT2D eigenvalue weighted by Crippen LogP contribution is -2.32. The first-order chi connectivity index (χ1) is 12.2. The maximum absolute atomic E-state index is 12.3. The molecule has 0 radical (unpaired) electrons. The van der Waals surface area contributed by atoms with Crippen molar-refractivity contribution in [2.75, 3.05) is 13.7 Å². The van der Waals surface area contributed by atoms with E-state index in [9.17, 15) is 4.79 Å². The molecule has 134 valence electrons. The molecule has 25 heavy (non-hydrogen) atoms. The fraction of sp³-hybridized carbons (Fsp3) is 0.474. The van der Waals surface area contributed by atoms with Gasteiger partial charge in [0.15, 0.2) is 0 Å². The van der Waals surface area contributed by atoms with Crippen molar-refractivity contribution in [3.63, 3.8) is 0 Å². The molecule has 6 heteroatoms. The van der Waals surface area contributed by atoms with Gasteiger partial charge in [-0.1, -0.05) is 6.92 Å². The minimum atomic E-state index is 0.253. The smallest absolute Gasteiger partial charge is 0.226 e. The fourth-order valence-electron chi connectivity index (χ4n) is 2.63. The molecule has 2 aromatic rings. The number of benzene rings is 1. The van der Waals surface area contributed by atoms with E-state index in [-0.39, 0.29) is 11.8 Å². The minimum Gasteiger partial charge on any atom is -0.497 e. The largest absolute Gasteiger partial charge is 0.497 e. The van der Waals surface area contributed by atoms with Crippen molar-refractivity contribution in [2.45, 2.75) is 39.3 Å². The zero-order chi connectivity index (χ0) is 17.6. The van der Waals surface area contributed by atoms with E-state index in [1.165, 1.54) is 0 Å². The van der Waals surface area contributed by atoms with E-state index in [1.807, 2.05) is 34.5 Å². The quantitative estimate of drug-likeness (QED) is 0.681. The van der Waals surface area contributed by atoms with Gasteiger partial charge in [-0.05, 0) is 43.5 Å². The summed E-state index contributed by atoms with van der Waals surface area (Å²) in [5, 5.41) is 2.94. The van der Waals surface area contributed by atoms with Crippen LogP contribution in [0, 0.1) is 5.92 Å². The summed E-state index contributed by atoms with van der Waals surface area (Å²) in [4.78, 5) is 18.9. The van der Waals surface area contributed by atoms with Crippen molar-refractivity contribution in [3.8, 4) is 11.5 Å². The van der Waals surface area contributed by atoms with E-state index in [0.717, 1.165) is 48.0 Å². The molecule has 1 saturated carbocycles. The molecule has 0 aliphatic heterocycles. The van der Waals surface area contributed by atoms with Gasteiger partial charge in [0.05, 0.1) is 19.3 Å². The van der Waals surface area contributed by atoms with Crippen LogP contribution >= 0.6 is 11.3 Å². The molecule has 1 aliphatic carbocycles. The Morgan fingerprint density at radius 2 is 2.00 bits per heavy atom. The summed E-state index contributed by atoms with van der Waals surface area (Å²) in [6.45, 7) is 3.93. The van der Waals surface area contributed by atoms with E-state index >= 15 is 0 Å². The van der Waals surface area contributed by atoms with Crippen LogP contribution in [-0.4, -0.2) is 29.4 Å². The number of hydrogen-bond donors (Lipinski definition) is 0. The molecule has 3 rings (SSSR count). The molecule has 1 heterocycles. The van der Waals surface area contributed by atoms with Gasteiger partial charge in [0.2, 0.25) is 5.91 Å². The predicted molar refractivity (Wildman–Crippen MR) is 97.9 cm³/mol. The first-order valence-corrected chi connectivity index (χ1v) is 9.56. The van der Waals surface area contributed by atoms with E-state index in [1.54, 1.807) is 18.4 Å². The van der Waals surface area contributed by atoms with Crippen LogP contribution in [0.5, 0.6) is 11.5 Å². The van der Waals surface area contributed by atoms with Crippen molar-refractivity contribution >= 4 is 17.2 Å². The topological polar surface area (TPSA) is 51.7 Å². The van der Waals surface area contributed by atoms with Gasteiger partial charge in [0.25, 0.3) is 0 Å². The normalized spacial score (nSPS) is 13.5. The number of rotatable bonds is 9. The van der Waals surface area contributed by atoms with Crippen LogP contribution in [-0.2, 0) is 17.9 Å². The molecule has 0 saturated heterocycles. The maximum Gasteiger partial charge on any atom is 0.226 e. The highest BCUT2D eigenvalue weighted by Gasteiger charge is 2.33. The van der Waals surface area contributed by atoms with Crippen LogP contribution in [0.15, 0.2) is 29.6 Å². The van der Waals surface area contributed by atoms with Crippen molar-refractivity contribution in [2.24, 2.45) is 5.92 Å². The van der Waals surface area contributed by atoms with E-state index in [4.69, 9.17) is 9.47 Å². The van der Waals surface area contributed by atoms with Gasteiger partial charge in [-0.2, -0.15) is 0 Å². The van der Waals surface area contributed by atoms with Crippen LogP contribution < -0.4 is 9.47 Å².